The van der Waals surface area contributed by atoms with Gasteiger partial charge in [-0.1, -0.05) is 25.1 Å². The van der Waals surface area contributed by atoms with E-state index in [0.29, 0.717) is 12.1 Å². The normalized spacial score (nSPS) is 17.6. The van der Waals surface area contributed by atoms with Crippen molar-refractivity contribution in [2.45, 2.75) is 32.6 Å². The molecule has 1 atom stereocenters. The molecule has 0 saturated carbocycles. The van der Waals surface area contributed by atoms with Crippen LogP contribution in [-0.2, 0) is 9.59 Å². The summed E-state index contributed by atoms with van der Waals surface area (Å²) in [4.78, 5) is 23.5. The van der Waals surface area contributed by atoms with Gasteiger partial charge in [0.05, 0.1) is 0 Å². The molecule has 1 aliphatic rings. The van der Waals surface area contributed by atoms with Crippen LogP contribution in [0.15, 0.2) is 36.4 Å². The number of hydrogen-bond donors (Lipinski definition) is 2. The van der Waals surface area contributed by atoms with E-state index in [9.17, 15) is 9.59 Å². The number of carbonyl (C=O) groups excluding carboxylic acids is 2. The summed E-state index contributed by atoms with van der Waals surface area (Å²) < 4.78 is 0. The summed E-state index contributed by atoms with van der Waals surface area (Å²) in [6.45, 7) is 1.80. The van der Waals surface area contributed by atoms with Crippen molar-refractivity contribution < 1.29 is 9.59 Å². The summed E-state index contributed by atoms with van der Waals surface area (Å²) in [5.41, 5.74) is 1.43. The quantitative estimate of drug-likeness (QED) is 0.826. The van der Waals surface area contributed by atoms with Crippen molar-refractivity contribution in [3.8, 4) is 0 Å². The summed E-state index contributed by atoms with van der Waals surface area (Å²) in [6.07, 6.45) is 7.28. The maximum Gasteiger partial charge on any atom is 0.227 e. The van der Waals surface area contributed by atoms with Crippen LogP contribution in [0.3, 0.4) is 0 Å². The average molecular weight is 272 g/mol. The lowest BCUT2D eigenvalue weighted by Gasteiger charge is -2.17. The lowest BCUT2D eigenvalue weighted by atomic mass is 9.93. The van der Waals surface area contributed by atoms with Gasteiger partial charge >= 0.3 is 0 Å². The predicted octanol–water partition coefficient (Wildman–Crippen LogP) is 3.33. The molecule has 0 fully saturated rings. The Balaban J connectivity index is 1.98. The third-order valence-corrected chi connectivity index (χ3v) is 3.37. The molecule has 106 valence electrons. The molecule has 2 amide bonds. The molecule has 0 bridgehead atoms. The van der Waals surface area contributed by atoms with Crippen molar-refractivity contribution in [3.05, 3.63) is 36.4 Å². The fourth-order valence-electron chi connectivity index (χ4n) is 2.20. The Hall–Kier alpha value is -2.10. The highest BCUT2D eigenvalue weighted by Gasteiger charge is 2.18. The molecule has 1 aliphatic carbocycles. The molecule has 1 aromatic carbocycles. The van der Waals surface area contributed by atoms with Crippen LogP contribution in [-0.4, -0.2) is 11.8 Å². The van der Waals surface area contributed by atoms with E-state index >= 15 is 0 Å². The third-order valence-electron chi connectivity index (χ3n) is 3.37. The smallest absolute Gasteiger partial charge is 0.227 e. The first-order valence-corrected chi connectivity index (χ1v) is 7.05. The molecule has 20 heavy (non-hydrogen) atoms. The zero-order chi connectivity index (χ0) is 14.4. The fourth-order valence-corrected chi connectivity index (χ4v) is 2.20. The van der Waals surface area contributed by atoms with Gasteiger partial charge in [-0.25, -0.2) is 0 Å². The van der Waals surface area contributed by atoms with E-state index in [1.165, 1.54) is 0 Å². The molecule has 4 nitrogen and oxygen atoms in total. The lowest BCUT2D eigenvalue weighted by Crippen LogP contribution is -2.23. The first-order chi connectivity index (χ1) is 9.69. The van der Waals surface area contributed by atoms with E-state index in [1.54, 1.807) is 13.0 Å². The van der Waals surface area contributed by atoms with Crippen LogP contribution in [0, 0.1) is 5.92 Å². The Labute approximate surface area is 119 Å². The van der Waals surface area contributed by atoms with Gasteiger partial charge in [-0.3, -0.25) is 9.59 Å². The lowest BCUT2D eigenvalue weighted by molar-refractivity contribution is -0.120. The van der Waals surface area contributed by atoms with Crippen LogP contribution >= 0.6 is 0 Å². The number of benzene rings is 1. The van der Waals surface area contributed by atoms with Crippen molar-refractivity contribution in [2.75, 3.05) is 10.6 Å². The van der Waals surface area contributed by atoms with Crippen LogP contribution in [0.2, 0.25) is 0 Å². The molecule has 0 aromatic heterocycles. The first kappa shape index (κ1) is 14.3. The van der Waals surface area contributed by atoms with E-state index in [-0.39, 0.29) is 17.7 Å². The minimum absolute atomic E-state index is 0.0362. The van der Waals surface area contributed by atoms with Crippen LogP contribution in [0.25, 0.3) is 0 Å². The first-order valence-electron chi connectivity index (χ1n) is 7.05. The molecule has 1 aromatic rings. The van der Waals surface area contributed by atoms with Gasteiger partial charge in [0.2, 0.25) is 11.8 Å². The largest absolute Gasteiger partial charge is 0.326 e. The zero-order valence-electron chi connectivity index (χ0n) is 11.7. The monoisotopic (exact) mass is 272 g/mol. The molecule has 0 spiro atoms. The van der Waals surface area contributed by atoms with Gasteiger partial charge < -0.3 is 10.6 Å². The number of carbonyl (C=O) groups is 2. The topological polar surface area (TPSA) is 58.2 Å². The third kappa shape index (κ3) is 3.95. The highest BCUT2D eigenvalue weighted by atomic mass is 16.2. The maximum atomic E-state index is 12.1. The number of nitrogens with one attached hydrogen (secondary N) is 2. The second-order valence-corrected chi connectivity index (χ2v) is 4.95. The van der Waals surface area contributed by atoms with E-state index in [2.05, 4.69) is 22.8 Å². The molecule has 0 radical (unpaired) electrons. The van der Waals surface area contributed by atoms with Crippen molar-refractivity contribution in [1.82, 2.24) is 0 Å². The summed E-state index contributed by atoms with van der Waals surface area (Å²) in [5, 5.41) is 5.70. The van der Waals surface area contributed by atoms with E-state index in [1.807, 2.05) is 18.2 Å². The molecule has 4 heteroatoms. The molecular weight excluding hydrogens is 252 g/mol. The summed E-state index contributed by atoms with van der Waals surface area (Å²) in [7, 11) is 0. The number of allylic oxidation sites excluding steroid dienone is 2. The van der Waals surface area contributed by atoms with Gasteiger partial charge in [0, 0.05) is 23.7 Å². The minimum Gasteiger partial charge on any atom is -0.326 e. The number of rotatable bonds is 4. The van der Waals surface area contributed by atoms with Crippen LogP contribution in [0.5, 0.6) is 0 Å². The van der Waals surface area contributed by atoms with Gasteiger partial charge in [0.15, 0.2) is 0 Å². The summed E-state index contributed by atoms with van der Waals surface area (Å²) in [6, 6.07) is 7.25. The van der Waals surface area contributed by atoms with Gasteiger partial charge in [0.25, 0.3) is 0 Å². The molecule has 0 heterocycles. The Bertz CT molecular complexity index is 523. The summed E-state index contributed by atoms with van der Waals surface area (Å²) >= 11 is 0. The van der Waals surface area contributed by atoms with Gasteiger partial charge in [0.1, 0.15) is 0 Å². The zero-order valence-corrected chi connectivity index (χ0v) is 11.7. The van der Waals surface area contributed by atoms with E-state index in [4.69, 9.17) is 0 Å². The highest BCUT2D eigenvalue weighted by molar-refractivity contribution is 5.95. The maximum absolute atomic E-state index is 12.1. The summed E-state index contributed by atoms with van der Waals surface area (Å²) in [5.74, 6) is 0.0631. The Morgan fingerprint density at radius 3 is 2.60 bits per heavy atom. The fraction of sp³-hybridized carbons (Fsp3) is 0.375. The molecule has 0 aliphatic heterocycles. The number of anilines is 2. The van der Waals surface area contributed by atoms with Crippen LogP contribution in [0.1, 0.15) is 32.6 Å². The highest BCUT2D eigenvalue weighted by Crippen LogP contribution is 2.21. The van der Waals surface area contributed by atoms with Gasteiger partial charge in [-0.2, -0.15) is 0 Å². The van der Waals surface area contributed by atoms with Crippen molar-refractivity contribution >= 4 is 23.2 Å². The number of amides is 2. The number of hydrogen-bond acceptors (Lipinski definition) is 2. The molecular formula is C16H20N2O2. The molecule has 0 saturated heterocycles. The molecule has 1 unspecified atom stereocenters. The Morgan fingerprint density at radius 1 is 1.20 bits per heavy atom. The van der Waals surface area contributed by atoms with Crippen LogP contribution in [0.4, 0.5) is 11.4 Å². The van der Waals surface area contributed by atoms with Crippen molar-refractivity contribution in [2.24, 2.45) is 5.92 Å². The SMILES string of the molecule is CCC(=O)Nc1cccc(NC(=O)C2CC=CCC2)c1. The molecule has 2 rings (SSSR count). The van der Waals surface area contributed by atoms with Crippen molar-refractivity contribution in [3.63, 3.8) is 0 Å². The average Bonchev–Trinajstić information content (AvgIpc) is 2.48. The van der Waals surface area contributed by atoms with Gasteiger partial charge in [-0.05, 0) is 37.5 Å². The predicted molar refractivity (Wildman–Crippen MR) is 80.5 cm³/mol. The van der Waals surface area contributed by atoms with Crippen molar-refractivity contribution in [1.29, 1.82) is 0 Å². The minimum atomic E-state index is -0.0362. The van der Waals surface area contributed by atoms with Gasteiger partial charge in [-0.15, -0.1) is 0 Å². The second-order valence-electron chi connectivity index (χ2n) is 4.95. The Morgan fingerprint density at radius 2 is 1.95 bits per heavy atom. The Kier molecular flexibility index (Phi) is 4.93. The second kappa shape index (κ2) is 6.89. The standard InChI is InChI=1S/C16H20N2O2/c1-2-15(19)17-13-9-6-10-14(11-13)18-16(20)12-7-4-3-5-8-12/h3-4,6,9-12H,2,5,7-8H2,1H3,(H,17,19)(H,18,20). The molecule has 2 N–H and O–H groups in total. The van der Waals surface area contributed by atoms with E-state index in [0.717, 1.165) is 24.9 Å². The van der Waals surface area contributed by atoms with E-state index < -0.39 is 0 Å². The van der Waals surface area contributed by atoms with Crippen LogP contribution < -0.4 is 10.6 Å².